The molecule has 0 unspecified atom stereocenters. The predicted octanol–water partition coefficient (Wildman–Crippen LogP) is 5.26. The van der Waals surface area contributed by atoms with E-state index < -0.39 is 0 Å². The molecule has 2 heterocycles. The van der Waals surface area contributed by atoms with Crippen molar-refractivity contribution in [1.29, 1.82) is 5.26 Å². The van der Waals surface area contributed by atoms with Crippen LogP contribution in [0, 0.1) is 11.3 Å². The fourth-order valence-corrected chi connectivity index (χ4v) is 3.67. The number of nitrogens with zero attached hydrogens (tertiary/aromatic N) is 3. The maximum Gasteiger partial charge on any atom is 0.149 e. The molecule has 1 aliphatic heterocycles. The van der Waals surface area contributed by atoms with Crippen LogP contribution in [-0.4, -0.2) is 22.6 Å². The van der Waals surface area contributed by atoms with Gasteiger partial charge >= 0.3 is 0 Å². The molecule has 0 saturated carbocycles. The first kappa shape index (κ1) is 17.1. The van der Waals surface area contributed by atoms with Gasteiger partial charge in [0.25, 0.3) is 0 Å². The molecule has 0 saturated heterocycles. The number of imidazole rings is 1. The second-order valence-electron chi connectivity index (χ2n) is 7.59. The number of aromatic nitrogens is 2. The van der Waals surface area contributed by atoms with E-state index in [-0.39, 0.29) is 5.54 Å². The summed E-state index contributed by atoms with van der Waals surface area (Å²) in [6.45, 7) is 6.57. The van der Waals surface area contributed by atoms with Crippen LogP contribution < -0.4 is 4.90 Å². The number of H-pyrrole nitrogens is 1. The molecule has 4 heteroatoms. The molecule has 0 aliphatic carbocycles. The van der Waals surface area contributed by atoms with E-state index in [1.165, 1.54) is 16.8 Å². The molecule has 1 N–H and O–H groups in total. The lowest BCUT2D eigenvalue weighted by Gasteiger charge is -2.40. The van der Waals surface area contributed by atoms with Crippen LogP contribution in [0.3, 0.4) is 0 Å². The molecule has 134 valence electrons. The van der Waals surface area contributed by atoms with Gasteiger partial charge in [0.05, 0.1) is 22.1 Å². The van der Waals surface area contributed by atoms with Crippen LogP contribution in [0.2, 0.25) is 0 Å². The molecule has 0 radical (unpaired) electrons. The third-order valence-corrected chi connectivity index (χ3v) is 5.32. The van der Waals surface area contributed by atoms with E-state index in [4.69, 9.17) is 0 Å². The fourth-order valence-electron chi connectivity index (χ4n) is 3.67. The number of likely N-dealkylation sites (N-methyl/N-ethyl adjacent to an activating group) is 1. The van der Waals surface area contributed by atoms with E-state index in [1.807, 2.05) is 30.3 Å². The molecule has 0 spiro atoms. The summed E-state index contributed by atoms with van der Waals surface area (Å²) in [6.07, 6.45) is 4.18. The van der Waals surface area contributed by atoms with E-state index in [0.29, 0.717) is 11.4 Å². The number of allylic oxidation sites excluding steroid dienone is 2. The van der Waals surface area contributed by atoms with E-state index in [0.717, 1.165) is 16.6 Å². The fraction of sp³-hybridized carbons (Fsp3) is 0.217. The Labute approximate surface area is 159 Å². The summed E-state index contributed by atoms with van der Waals surface area (Å²) in [5.41, 5.74) is 6.96. The van der Waals surface area contributed by atoms with Crippen molar-refractivity contribution in [2.45, 2.75) is 26.3 Å². The SMILES string of the molecule is CC1=CC(C)(C)N(C)c2ccc(/C=C(/C#N)c3nc4ccccc4[nH]3)cc21. The first-order chi connectivity index (χ1) is 12.9. The number of rotatable bonds is 2. The summed E-state index contributed by atoms with van der Waals surface area (Å²) in [5.74, 6) is 0.599. The Morgan fingerprint density at radius 1 is 1.22 bits per heavy atom. The van der Waals surface area contributed by atoms with E-state index in [2.05, 4.69) is 73.0 Å². The lowest BCUT2D eigenvalue weighted by Crippen LogP contribution is -2.42. The Morgan fingerprint density at radius 3 is 2.74 bits per heavy atom. The number of para-hydroxylation sites is 2. The number of aromatic amines is 1. The van der Waals surface area contributed by atoms with Crippen LogP contribution in [-0.2, 0) is 0 Å². The van der Waals surface area contributed by atoms with Crippen molar-refractivity contribution < 1.29 is 0 Å². The quantitative estimate of drug-likeness (QED) is 0.639. The zero-order valence-electron chi connectivity index (χ0n) is 16.0. The Balaban J connectivity index is 1.77. The average molecular weight is 354 g/mol. The average Bonchev–Trinajstić information content (AvgIpc) is 3.08. The number of fused-ring (bicyclic) bond motifs is 2. The van der Waals surface area contributed by atoms with Crippen LogP contribution >= 0.6 is 0 Å². The Morgan fingerprint density at radius 2 is 2.00 bits per heavy atom. The van der Waals surface area contributed by atoms with Crippen LogP contribution in [0.5, 0.6) is 0 Å². The first-order valence-electron chi connectivity index (χ1n) is 9.04. The summed E-state index contributed by atoms with van der Waals surface area (Å²) in [7, 11) is 2.12. The highest BCUT2D eigenvalue weighted by Crippen LogP contribution is 2.38. The van der Waals surface area contributed by atoms with Gasteiger partial charge in [0.2, 0.25) is 0 Å². The molecular formula is C23H22N4. The third-order valence-electron chi connectivity index (χ3n) is 5.32. The van der Waals surface area contributed by atoms with Gasteiger partial charge in [-0.25, -0.2) is 4.98 Å². The molecule has 3 aromatic rings. The predicted molar refractivity (Wildman–Crippen MR) is 112 cm³/mol. The maximum absolute atomic E-state index is 9.67. The molecule has 1 aliphatic rings. The minimum atomic E-state index is -0.0134. The number of hydrogen-bond acceptors (Lipinski definition) is 3. The molecular weight excluding hydrogens is 332 g/mol. The Kier molecular flexibility index (Phi) is 3.89. The summed E-state index contributed by atoms with van der Waals surface area (Å²) in [6, 6.07) is 16.4. The number of anilines is 1. The minimum Gasteiger partial charge on any atom is -0.366 e. The van der Waals surface area contributed by atoms with Crippen LogP contribution in [0.4, 0.5) is 5.69 Å². The van der Waals surface area contributed by atoms with Crippen LogP contribution in [0.15, 0.2) is 48.5 Å². The van der Waals surface area contributed by atoms with Crippen molar-refractivity contribution in [2.75, 3.05) is 11.9 Å². The van der Waals surface area contributed by atoms with E-state index in [1.54, 1.807) is 0 Å². The highest BCUT2D eigenvalue weighted by Gasteiger charge is 2.28. The van der Waals surface area contributed by atoms with E-state index in [9.17, 15) is 5.26 Å². The van der Waals surface area contributed by atoms with Crippen molar-refractivity contribution >= 4 is 33.9 Å². The smallest absolute Gasteiger partial charge is 0.149 e. The highest BCUT2D eigenvalue weighted by atomic mass is 15.2. The molecule has 1 aromatic heterocycles. The summed E-state index contributed by atoms with van der Waals surface area (Å²) in [4.78, 5) is 10.1. The minimum absolute atomic E-state index is 0.0134. The van der Waals surface area contributed by atoms with Gasteiger partial charge in [0.1, 0.15) is 11.9 Å². The van der Waals surface area contributed by atoms with Crippen molar-refractivity contribution in [3.8, 4) is 6.07 Å². The van der Waals surface area contributed by atoms with Gasteiger partial charge < -0.3 is 9.88 Å². The number of nitrogens with one attached hydrogen (secondary N) is 1. The number of nitriles is 1. The standard InChI is InChI=1S/C23H22N4/c1-15-13-23(2,3)27(4)21-10-9-16(12-18(15)21)11-17(14-24)22-25-19-7-5-6-8-20(19)26-22/h5-13H,1-4H3,(H,25,26)/b17-11-. The molecule has 27 heavy (non-hydrogen) atoms. The molecule has 0 fully saturated rings. The van der Waals surface area contributed by atoms with Crippen LogP contribution in [0.25, 0.3) is 28.3 Å². The van der Waals surface area contributed by atoms with Gasteiger partial charge in [0, 0.05) is 18.3 Å². The highest BCUT2D eigenvalue weighted by molar-refractivity contribution is 5.91. The maximum atomic E-state index is 9.67. The van der Waals surface area contributed by atoms with Crippen molar-refractivity contribution in [2.24, 2.45) is 0 Å². The Hall–Kier alpha value is -3.32. The van der Waals surface area contributed by atoms with Gasteiger partial charge in [-0.1, -0.05) is 24.3 Å². The lowest BCUT2D eigenvalue weighted by molar-refractivity contribution is 0.598. The summed E-state index contributed by atoms with van der Waals surface area (Å²) < 4.78 is 0. The normalized spacial score (nSPS) is 16.0. The third kappa shape index (κ3) is 2.92. The lowest BCUT2D eigenvalue weighted by atomic mass is 9.88. The monoisotopic (exact) mass is 354 g/mol. The van der Waals surface area contributed by atoms with Crippen molar-refractivity contribution in [1.82, 2.24) is 9.97 Å². The van der Waals surface area contributed by atoms with Gasteiger partial charge in [-0.2, -0.15) is 5.26 Å². The zero-order chi connectivity index (χ0) is 19.2. The molecule has 0 atom stereocenters. The van der Waals surface area contributed by atoms with Crippen molar-refractivity contribution in [3.63, 3.8) is 0 Å². The van der Waals surface area contributed by atoms with Gasteiger partial charge in [-0.3, -0.25) is 0 Å². The van der Waals surface area contributed by atoms with Crippen LogP contribution in [0.1, 0.15) is 37.7 Å². The largest absolute Gasteiger partial charge is 0.366 e. The van der Waals surface area contributed by atoms with Gasteiger partial charge in [-0.15, -0.1) is 0 Å². The van der Waals surface area contributed by atoms with Gasteiger partial charge in [-0.05, 0) is 62.2 Å². The molecule has 4 nitrogen and oxygen atoms in total. The van der Waals surface area contributed by atoms with Crippen molar-refractivity contribution in [3.05, 3.63) is 65.5 Å². The molecule has 0 bridgehead atoms. The molecule has 4 rings (SSSR count). The summed E-state index contributed by atoms with van der Waals surface area (Å²) in [5, 5.41) is 9.67. The molecule has 0 amide bonds. The Bertz CT molecular complexity index is 1110. The second kappa shape index (κ2) is 6.14. The summed E-state index contributed by atoms with van der Waals surface area (Å²) >= 11 is 0. The number of hydrogen-bond donors (Lipinski definition) is 1. The molecule has 2 aromatic carbocycles. The van der Waals surface area contributed by atoms with Gasteiger partial charge in [0.15, 0.2) is 0 Å². The zero-order valence-corrected chi connectivity index (χ0v) is 16.0. The van der Waals surface area contributed by atoms with E-state index >= 15 is 0 Å². The number of benzene rings is 2. The first-order valence-corrected chi connectivity index (χ1v) is 9.04. The second-order valence-corrected chi connectivity index (χ2v) is 7.59. The topological polar surface area (TPSA) is 55.7 Å².